The predicted molar refractivity (Wildman–Crippen MR) is 101 cm³/mol. The molecule has 1 amide bonds. The number of aromatic nitrogens is 2. The van der Waals surface area contributed by atoms with Gasteiger partial charge in [-0.1, -0.05) is 17.3 Å². The van der Waals surface area contributed by atoms with Crippen LogP contribution < -0.4 is 4.74 Å². The van der Waals surface area contributed by atoms with Crippen molar-refractivity contribution in [1.82, 2.24) is 15.0 Å². The van der Waals surface area contributed by atoms with Gasteiger partial charge >= 0.3 is 0 Å². The maximum absolute atomic E-state index is 12.6. The molecule has 4 rings (SSSR count). The van der Waals surface area contributed by atoms with Crippen LogP contribution in [0, 0.1) is 5.92 Å². The maximum atomic E-state index is 12.6. The minimum Gasteiger partial charge on any atom is -0.497 e. The molecule has 2 fully saturated rings. The predicted octanol–water partition coefficient (Wildman–Crippen LogP) is 3.45. The van der Waals surface area contributed by atoms with E-state index < -0.39 is 0 Å². The monoisotopic (exact) mass is 367 g/mol. The number of hydrogen-bond acceptors (Lipinski definition) is 5. The number of carbonyl (C=O) groups excluding carboxylic acids is 1. The van der Waals surface area contributed by atoms with Gasteiger partial charge in [0.1, 0.15) is 5.75 Å². The summed E-state index contributed by atoms with van der Waals surface area (Å²) in [5.74, 6) is 3.32. The largest absolute Gasteiger partial charge is 0.497 e. The maximum Gasteiger partial charge on any atom is 0.246 e. The molecule has 1 aromatic heterocycles. The molecule has 1 atom stereocenters. The zero-order valence-corrected chi connectivity index (χ0v) is 15.6. The Hall–Kier alpha value is -2.63. The van der Waals surface area contributed by atoms with Crippen molar-refractivity contribution >= 4 is 12.0 Å². The molecule has 0 bridgehead atoms. The summed E-state index contributed by atoms with van der Waals surface area (Å²) in [6, 6.07) is 7.66. The van der Waals surface area contributed by atoms with E-state index in [1.165, 1.54) is 12.8 Å². The molecule has 1 unspecified atom stereocenters. The summed E-state index contributed by atoms with van der Waals surface area (Å²) in [7, 11) is 1.64. The van der Waals surface area contributed by atoms with E-state index in [1.807, 2.05) is 35.2 Å². The Bertz CT molecular complexity index is 808. The fourth-order valence-electron chi connectivity index (χ4n) is 3.53. The van der Waals surface area contributed by atoms with Crippen LogP contribution >= 0.6 is 0 Å². The number of piperidine rings is 1. The third kappa shape index (κ3) is 4.56. The molecular weight excluding hydrogens is 342 g/mol. The summed E-state index contributed by atoms with van der Waals surface area (Å²) in [4.78, 5) is 19.0. The minimum atomic E-state index is 0.0553. The van der Waals surface area contributed by atoms with Gasteiger partial charge in [0.15, 0.2) is 5.82 Å². The van der Waals surface area contributed by atoms with E-state index in [9.17, 15) is 4.79 Å². The van der Waals surface area contributed by atoms with Crippen molar-refractivity contribution in [3.05, 3.63) is 47.6 Å². The summed E-state index contributed by atoms with van der Waals surface area (Å²) in [5.41, 5.74) is 0.983. The highest BCUT2D eigenvalue weighted by Crippen LogP contribution is 2.38. The Balaban J connectivity index is 1.32. The second kappa shape index (κ2) is 7.94. The van der Waals surface area contributed by atoms with Crippen molar-refractivity contribution in [3.63, 3.8) is 0 Å². The molecule has 1 aliphatic carbocycles. The van der Waals surface area contributed by atoms with Crippen molar-refractivity contribution < 1.29 is 14.1 Å². The molecule has 1 saturated heterocycles. The number of nitrogens with zero attached hydrogens (tertiary/aromatic N) is 3. The van der Waals surface area contributed by atoms with Gasteiger partial charge in [-0.2, -0.15) is 4.98 Å². The molecule has 6 nitrogen and oxygen atoms in total. The Morgan fingerprint density at radius 2 is 2.11 bits per heavy atom. The smallest absolute Gasteiger partial charge is 0.246 e. The number of hydrogen-bond donors (Lipinski definition) is 0. The Kier molecular flexibility index (Phi) is 5.23. The van der Waals surface area contributed by atoms with Crippen LogP contribution in [-0.2, 0) is 11.2 Å². The summed E-state index contributed by atoms with van der Waals surface area (Å²) in [6.07, 6.45) is 8.71. The molecule has 0 N–H and O–H groups in total. The van der Waals surface area contributed by atoms with E-state index >= 15 is 0 Å². The topological polar surface area (TPSA) is 68.5 Å². The fraction of sp³-hybridized carbons (Fsp3) is 0.476. The van der Waals surface area contributed by atoms with E-state index in [2.05, 4.69) is 10.1 Å². The van der Waals surface area contributed by atoms with Gasteiger partial charge in [-0.25, -0.2) is 0 Å². The zero-order chi connectivity index (χ0) is 18.6. The van der Waals surface area contributed by atoms with E-state index in [0.29, 0.717) is 17.7 Å². The number of rotatable bonds is 6. The first-order valence-electron chi connectivity index (χ1n) is 9.65. The molecule has 2 aromatic rings. The number of likely N-dealkylation sites (tertiary alicyclic amines) is 1. The number of amides is 1. The number of ether oxygens (including phenoxy) is 1. The van der Waals surface area contributed by atoms with Crippen LogP contribution in [0.1, 0.15) is 48.9 Å². The fourth-order valence-corrected chi connectivity index (χ4v) is 3.53. The van der Waals surface area contributed by atoms with Gasteiger partial charge < -0.3 is 14.2 Å². The third-order valence-corrected chi connectivity index (χ3v) is 5.25. The van der Waals surface area contributed by atoms with Crippen LogP contribution in [0.4, 0.5) is 0 Å². The second-order valence-corrected chi connectivity index (χ2v) is 7.42. The lowest BCUT2D eigenvalue weighted by Crippen LogP contribution is -2.39. The van der Waals surface area contributed by atoms with Gasteiger partial charge in [0.2, 0.25) is 11.8 Å². The normalized spacial score (nSPS) is 20.2. The Labute approximate surface area is 159 Å². The molecule has 0 spiro atoms. The summed E-state index contributed by atoms with van der Waals surface area (Å²) >= 11 is 0. The van der Waals surface area contributed by atoms with Crippen LogP contribution in [0.5, 0.6) is 5.75 Å². The molecule has 2 aliphatic rings. The number of benzene rings is 1. The SMILES string of the molecule is COc1ccc(/C=C\C(=O)N2CCCC(Cc3nc(C4CC4)no3)C2)cc1. The molecular formula is C21H25N3O3. The van der Waals surface area contributed by atoms with E-state index in [1.54, 1.807) is 13.2 Å². The first kappa shape index (κ1) is 17.8. The lowest BCUT2D eigenvalue weighted by atomic mass is 9.94. The lowest BCUT2D eigenvalue weighted by molar-refractivity contribution is -0.127. The van der Waals surface area contributed by atoms with E-state index in [-0.39, 0.29) is 5.91 Å². The molecule has 6 heteroatoms. The lowest BCUT2D eigenvalue weighted by Gasteiger charge is -2.31. The zero-order valence-electron chi connectivity index (χ0n) is 15.6. The number of carbonyl (C=O) groups is 1. The number of methoxy groups -OCH3 is 1. The van der Waals surface area contributed by atoms with Gasteiger partial charge in [0.25, 0.3) is 0 Å². The quantitative estimate of drug-likeness (QED) is 0.732. The highest BCUT2D eigenvalue weighted by atomic mass is 16.5. The molecule has 1 saturated carbocycles. The first-order valence-corrected chi connectivity index (χ1v) is 9.65. The van der Waals surface area contributed by atoms with Gasteiger partial charge in [0.05, 0.1) is 7.11 Å². The second-order valence-electron chi connectivity index (χ2n) is 7.42. The van der Waals surface area contributed by atoms with Crippen molar-refractivity contribution in [2.24, 2.45) is 5.92 Å². The average molecular weight is 367 g/mol. The first-order chi connectivity index (χ1) is 13.2. The van der Waals surface area contributed by atoms with E-state index in [0.717, 1.165) is 49.5 Å². The van der Waals surface area contributed by atoms with Crippen molar-refractivity contribution in [2.75, 3.05) is 20.2 Å². The summed E-state index contributed by atoms with van der Waals surface area (Å²) in [5, 5.41) is 4.09. The standard InChI is InChI=1S/C21H25N3O3/c1-26-18-9-4-15(5-10-18)6-11-20(25)24-12-2-3-16(14-24)13-19-22-21(23-27-19)17-7-8-17/h4-6,9-11,16-17H,2-3,7-8,12-14H2,1H3/b11-6-. The van der Waals surface area contributed by atoms with Gasteiger partial charge in [-0.3, -0.25) is 4.79 Å². The Morgan fingerprint density at radius 3 is 2.85 bits per heavy atom. The average Bonchev–Trinajstić information content (AvgIpc) is 3.46. The summed E-state index contributed by atoms with van der Waals surface area (Å²) in [6.45, 7) is 1.55. The van der Waals surface area contributed by atoms with Gasteiger partial charge in [-0.15, -0.1) is 0 Å². The van der Waals surface area contributed by atoms with Crippen molar-refractivity contribution in [3.8, 4) is 5.75 Å². The molecule has 1 aliphatic heterocycles. The van der Waals surface area contributed by atoms with Crippen LogP contribution in [-0.4, -0.2) is 41.1 Å². The Morgan fingerprint density at radius 1 is 1.30 bits per heavy atom. The van der Waals surface area contributed by atoms with Crippen LogP contribution in [0.2, 0.25) is 0 Å². The highest BCUT2D eigenvalue weighted by molar-refractivity contribution is 5.91. The van der Waals surface area contributed by atoms with Crippen LogP contribution in [0.25, 0.3) is 6.08 Å². The molecule has 0 radical (unpaired) electrons. The molecule has 2 heterocycles. The highest BCUT2D eigenvalue weighted by Gasteiger charge is 2.30. The molecule has 142 valence electrons. The van der Waals surface area contributed by atoms with Crippen molar-refractivity contribution in [1.29, 1.82) is 0 Å². The molecule has 1 aromatic carbocycles. The van der Waals surface area contributed by atoms with Gasteiger partial charge in [-0.05, 0) is 55.4 Å². The summed E-state index contributed by atoms with van der Waals surface area (Å²) < 4.78 is 10.6. The van der Waals surface area contributed by atoms with Crippen LogP contribution in [0.15, 0.2) is 34.9 Å². The third-order valence-electron chi connectivity index (χ3n) is 5.25. The van der Waals surface area contributed by atoms with Crippen LogP contribution in [0.3, 0.4) is 0 Å². The van der Waals surface area contributed by atoms with E-state index in [4.69, 9.17) is 9.26 Å². The molecule has 27 heavy (non-hydrogen) atoms. The van der Waals surface area contributed by atoms with Gasteiger partial charge in [0, 0.05) is 31.5 Å². The minimum absolute atomic E-state index is 0.0553. The van der Waals surface area contributed by atoms with Crippen molar-refractivity contribution in [2.45, 2.75) is 38.0 Å².